The number of nitro benzene ring substituents is 1. The first-order valence-electron chi connectivity index (χ1n) is 11.0. The molecule has 2 aromatic rings. The van der Waals surface area contributed by atoms with Gasteiger partial charge >= 0.3 is 0 Å². The number of carbonyl (C=O) groups is 1. The van der Waals surface area contributed by atoms with Crippen LogP contribution in [0.3, 0.4) is 0 Å². The first-order chi connectivity index (χ1) is 16.1. The lowest BCUT2D eigenvalue weighted by molar-refractivity contribution is -0.384. The Labute approximate surface area is 202 Å². The molecule has 0 saturated heterocycles. The number of ketones is 1. The van der Waals surface area contributed by atoms with Crippen molar-refractivity contribution in [2.24, 2.45) is 11.1 Å². The minimum absolute atomic E-state index is 0.0656. The summed E-state index contributed by atoms with van der Waals surface area (Å²) in [6.07, 6.45) is 1.65. The number of rotatable bonds is 5. The maximum absolute atomic E-state index is 13.6. The van der Waals surface area contributed by atoms with E-state index < -0.39 is 10.8 Å². The molecule has 2 heterocycles. The van der Waals surface area contributed by atoms with Crippen LogP contribution in [0.5, 0.6) is 5.75 Å². The Kier molecular flexibility index (Phi) is 5.96. The second-order valence-electron chi connectivity index (χ2n) is 9.25. The van der Waals surface area contributed by atoms with Crippen LogP contribution in [-0.2, 0) is 11.2 Å². The van der Waals surface area contributed by atoms with Crippen LogP contribution in [0.4, 0.5) is 11.4 Å². The molecule has 0 fully saturated rings. The quantitative estimate of drug-likeness (QED) is 0.465. The molecule has 1 aliphatic carbocycles. The van der Waals surface area contributed by atoms with Gasteiger partial charge in [0.05, 0.1) is 35.7 Å². The third-order valence-corrected chi connectivity index (χ3v) is 7.61. The van der Waals surface area contributed by atoms with Gasteiger partial charge in [0.25, 0.3) is 5.69 Å². The molecule has 34 heavy (non-hydrogen) atoms. The summed E-state index contributed by atoms with van der Waals surface area (Å²) < 4.78 is 5.18. The Bertz CT molecular complexity index is 1300. The van der Waals surface area contributed by atoms with Gasteiger partial charge in [0.2, 0.25) is 0 Å². The first kappa shape index (κ1) is 23.5. The van der Waals surface area contributed by atoms with Crippen LogP contribution < -0.4 is 15.4 Å². The molecule has 0 amide bonds. The lowest BCUT2D eigenvalue weighted by Crippen LogP contribution is -2.42. The average Bonchev–Trinajstić information content (AvgIpc) is 3.26. The summed E-state index contributed by atoms with van der Waals surface area (Å²) in [5.74, 6) is -0.212. The number of anilines is 1. The molecule has 0 bridgehead atoms. The summed E-state index contributed by atoms with van der Waals surface area (Å²) in [6, 6.07) is 10.6. The number of ether oxygens (including phenoxy) is 1. The van der Waals surface area contributed by atoms with E-state index in [-0.39, 0.29) is 34.0 Å². The van der Waals surface area contributed by atoms with Crippen LogP contribution in [0.25, 0.3) is 0 Å². The smallest absolute Gasteiger partial charge is 0.296 e. The highest BCUT2D eigenvalue weighted by Crippen LogP contribution is 2.52. The highest BCUT2D eigenvalue weighted by molar-refractivity contribution is 7.12. The van der Waals surface area contributed by atoms with E-state index in [1.165, 1.54) is 18.1 Å². The van der Waals surface area contributed by atoms with E-state index >= 15 is 0 Å². The maximum Gasteiger partial charge on any atom is 0.296 e. The van der Waals surface area contributed by atoms with Crippen molar-refractivity contribution in [3.63, 3.8) is 0 Å². The normalized spacial score (nSPS) is 19.7. The molecule has 9 heteroatoms. The summed E-state index contributed by atoms with van der Waals surface area (Å²) in [6.45, 7) is 6.03. The maximum atomic E-state index is 13.6. The molecule has 4 rings (SSSR count). The minimum atomic E-state index is -0.581. The van der Waals surface area contributed by atoms with Gasteiger partial charge in [0.15, 0.2) is 5.78 Å². The predicted octanol–water partition coefficient (Wildman–Crippen LogP) is 5.17. The minimum Gasteiger partial charge on any atom is -0.496 e. The third kappa shape index (κ3) is 3.84. The number of thiophene rings is 1. The highest BCUT2D eigenvalue weighted by Gasteiger charge is 2.46. The van der Waals surface area contributed by atoms with Crippen LogP contribution in [0.2, 0.25) is 0 Å². The number of aryl methyl sites for hydroxylation is 1. The zero-order valence-corrected chi connectivity index (χ0v) is 20.4. The zero-order chi connectivity index (χ0) is 24.8. The topological polar surface area (TPSA) is 122 Å². The number of nitro groups is 1. The fourth-order valence-corrected chi connectivity index (χ4v) is 5.85. The molecule has 1 aliphatic heterocycles. The van der Waals surface area contributed by atoms with Crippen LogP contribution in [0, 0.1) is 26.9 Å². The number of hydrogen-bond acceptors (Lipinski definition) is 8. The number of nitrogens with two attached hydrogens (primary N) is 1. The highest BCUT2D eigenvalue weighted by atomic mass is 32.1. The zero-order valence-electron chi connectivity index (χ0n) is 19.5. The Balaban J connectivity index is 2.02. The Morgan fingerprint density at radius 3 is 2.65 bits per heavy atom. The van der Waals surface area contributed by atoms with Gasteiger partial charge in [0.1, 0.15) is 17.3 Å². The van der Waals surface area contributed by atoms with Gasteiger partial charge in [-0.2, -0.15) is 5.26 Å². The van der Waals surface area contributed by atoms with Crippen molar-refractivity contribution in [1.29, 1.82) is 5.26 Å². The molecule has 0 saturated carbocycles. The van der Waals surface area contributed by atoms with E-state index in [0.717, 1.165) is 16.2 Å². The molecule has 2 N–H and O–H groups in total. The molecule has 0 spiro atoms. The number of allylic oxidation sites excluding steroid dienone is 3. The summed E-state index contributed by atoms with van der Waals surface area (Å²) in [5, 5.41) is 22.1. The van der Waals surface area contributed by atoms with Gasteiger partial charge in [-0.05, 0) is 42.5 Å². The average molecular weight is 479 g/mol. The predicted molar refractivity (Wildman–Crippen MR) is 130 cm³/mol. The van der Waals surface area contributed by atoms with E-state index in [2.05, 4.69) is 13.0 Å². The molecule has 1 aromatic carbocycles. The van der Waals surface area contributed by atoms with Crippen molar-refractivity contribution >= 4 is 28.5 Å². The van der Waals surface area contributed by atoms with Crippen molar-refractivity contribution in [3.8, 4) is 11.8 Å². The molecule has 1 unspecified atom stereocenters. The van der Waals surface area contributed by atoms with E-state index in [9.17, 15) is 20.2 Å². The fourth-order valence-electron chi connectivity index (χ4n) is 4.77. The molecule has 176 valence electrons. The summed E-state index contributed by atoms with van der Waals surface area (Å²) >= 11 is 1.56. The van der Waals surface area contributed by atoms with Crippen LogP contribution >= 0.6 is 11.3 Å². The van der Waals surface area contributed by atoms with Crippen molar-refractivity contribution < 1.29 is 14.5 Å². The molecule has 8 nitrogen and oxygen atoms in total. The van der Waals surface area contributed by atoms with Crippen molar-refractivity contribution in [3.05, 3.63) is 72.9 Å². The van der Waals surface area contributed by atoms with Gasteiger partial charge in [-0.3, -0.25) is 19.8 Å². The fraction of sp³-hybridized carbons (Fsp3) is 0.360. The third-order valence-electron chi connectivity index (χ3n) is 6.32. The lowest BCUT2D eigenvalue weighted by Gasteiger charge is -2.43. The summed E-state index contributed by atoms with van der Waals surface area (Å²) in [5.41, 5.74) is 7.56. The van der Waals surface area contributed by atoms with Gasteiger partial charge in [-0.25, -0.2) is 0 Å². The Hall–Kier alpha value is -3.64. The monoisotopic (exact) mass is 478 g/mol. The number of benzene rings is 1. The SMILES string of the molecule is CCc1ccc(C2C(C#N)=C(N)N(c3ccc(OC)cc3[N+](=O)[O-])C3=C2C(=O)CC(C)(C)C3)s1. The standard InChI is InChI=1S/C25H26N4O4S/c1-5-15-7-9-21(34-15)22-16(13-26)24(27)28(19-11-25(2,3)12-20(30)23(19)22)17-8-6-14(33-4)10-18(17)29(31)32/h6-10,22H,5,11-12,27H2,1-4H3. The van der Waals surface area contributed by atoms with E-state index in [4.69, 9.17) is 10.5 Å². The molecule has 1 aromatic heterocycles. The number of nitriles is 1. The number of methoxy groups -OCH3 is 1. The number of nitrogens with zero attached hydrogens (tertiary/aromatic N) is 3. The van der Waals surface area contributed by atoms with Gasteiger partial charge in [-0.1, -0.05) is 20.8 Å². The number of carbonyl (C=O) groups excluding carboxylic acids is 1. The molecular formula is C25H26N4O4S. The summed E-state index contributed by atoms with van der Waals surface area (Å²) in [7, 11) is 1.43. The number of Topliss-reactive ketones (excluding diaryl/α,β-unsaturated/α-hetero) is 1. The van der Waals surface area contributed by atoms with Crippen LogP contribution in [0.1, 0.15) is 49.3 Å². The van der Waals surface area contributed by atoms with Crippen molar-refractivity contribution in [2.45, 2.75) is 46.0 Å². The first-order valence-corrected chi connectivity index (χ1v) is 11.8. The van der Waals surface area contributed by atoms with Crippen LogP contribution in [-0.4, -0.2) is 17.8 Å². The molecule has 0 radical (unpaired) electrons. The van der Waals surface area contributed by atoms with E-state index in [1.54, 1.807) is 23.5 Å². The lowest BCUT2D eigenvalue weighted by atomic mass is 9.69. The van der Waals surface area contributed by atoms with Crippen molar-refractivity contribution in [1.82, 2.24) is 0 Å². The summed E-state index contributed by atoms with van der Waals surface area (Å²) in [4.78, 5) is 28.6. The Morgan fingerprint density at radius 1 is 1.32 bits per heavy atom. The van der Waals surface area contributed by atoms with Gasteiger partial charge < -0.3 is 10.5 Å². The Morgan fingerprint density at radius 2 is 2.06 bits per heavy atom. The second-order valence-corrected chi connectivity index (χ2v) is 10.4. The van der Waals surface area contributed by atoms with Gasteiger partial charge in [-0.15, -0.1) is 11.3 Å². The largest absolute Gasteiger partial charge is 0.496 e. The molecule has 2 aliphatic rings. The molecule has 1 atom stereocenters. The second kappa shape index (κ2) is 8.61. The molecular weight excluding hydrogens is 452 g/mol. The van der Waals surface area contributed by atoms with Crippen LogP contribution in [0.15, 0.2) is 53.0 Å². The van der Waals surface area contributed by atoms with E-state index in [1.807, 2.05) is 26.0 Å². The van der Waals surface area contributed by atoms with Crippen molar-refractivity contribution in [2.75, 3.05) is 12.0 Å². The van der Waals surface area contributed by atoms with E-state index in [0.29, 0.717) is 29.9 Å². The van der Waals surface area contributed by atoms with Gasteiger partial charge in [0, 0.05) is 27.4 Å². The number of hydrogen-bond donors (Lipinski definition) is 1.